The zero-order chi connectivity index (χ0) is 13.9. The maximum Gasteiger partial charge on any atom is 0.247 e. The maximum atomic E-state index is 12.4. The minimum Gasteiger partial charge on any atom is -0.353 e. The fourth-order valence-electron chi connectivity index (χ4n) is 3.02. The van der Waals surface area contributed by atoms with Gasteiger partial charge in [0.25, 0.3) is 0 Å². The minimum atomic E-state index is -0.128. The van der Waals surface area contributed by atoms with Crippen LogP contribution in [0.2, 0.25) is 0 Å². The first-order chi connectivity index (χ1) is 9.83. The molecule has 0 aromatic rings. The van der Waals surface area contributed by atoms with Gasteiger partial charge in [-0.1, -0.05) is 18.2 Å². The molecule has 3 heterocycles. The number of allylic oxidation sites excluding steroid dienone is 3. The second-order valence-electron chi connectivity index (χ2n) is 5.00. The zero-order valence-electron chi connectivity index (χ0n) is 11.4. The molecule has 0 spiro atoms. The molecule has 6 heteroatoms. The number of hydrogen-bond donors (Lipinski definition) is 0. The van der Waals surface area contributed by atoms with E-state index in [1.54, 1.807) is 17.1 Å². The Labute approximate surface area is 117 Å². The second-order valence-corrected chi connectivity index (χ2v) is 5.00. The van der Waals surface area contributed by atoms with Crippen molar-refractivity contribution in [2.75, 3.05) is 26.8 Å². The van der Waals surface area contributed by atoms with Crippen molar-refractivity contribution in [3.8, 4) is 0 Å². The van der Waals surface area contributed by atoms with Crippen LogP contribution < -0.4 is 0 Å². The predicted molar refractivity (Wildman–Crippen MR) is 69.8 cm³/mol. The number of amides is 1. The van der Waals surface area contributed by atoms with Crippen molar-refractivity contribution < 1.29 is 23.7 Å². The van der Waals surface area contributed by atoms with Crippen LogP contribution in [0.3, 0.4) is 0 Å². The van der Waals surface area contributed by atoms with Crippen LogP contribution in [-0.4, -0.2) is 61.9 Å². The third-order valence-electron chi connectivity index (χ3n) is 3.86. The smallest absolute Gasteiger partial charge is 0.247 e. The van der Waals surface area contributed by atoms with Gasteiger partial charge in [0.2, 0.25) is 5.91 Å². The monoisotopic (exact) mass is 281 g/mol. The van der Waals surface area contributed by atoms with E-state index in [1.807, 2.05) is 19.1 Å². The molecular formula is C14H19NO5. The van der Waals surface area contributed by atoms with Crippen molar-refractivity contribution in [2.24, 2.45) is 0 Å². The Balaban J connectivity index is 1.81. The Morgan fingerprint density at radius 2 is 1.65 bits per heavy atom. The van der Waals surface area contributed by atoms with Gasteiger partial charge in [0.05, 0.1) is 25.3 Å². The van der Waals surface area contributed by atoms with Crippen LogP contribution in [0, 0.1) is 0 Å². The Hall–Kier alpha value is -1.21. The number of carbonyl (C=O) groups is 1. The highest BCUT2D eigenvalue weighted by Crippen LogP contribution is 2.34. The number of nitrogens with zero attached hydrogens (tertiary/aromatic N) is 1. The molecule has 3 aliphatic heterocycles. The number of fused-ring (bicyclic) bond motifs is 3. The molecule has 20 heavy (non-hydrogen) atoms. The van der Waals surface area contributed by atoms with E-state index in [2.05, 4.69) is 0 Å². The third-order valence-corrected chi connectivity index (χ3v) is 3.86. The van der Waals surface area contributed by atoms with Gasteiger partial charge in [0.15, 0.2) is 0 Å². The van der Waals surface area contributed by atoms with Crippen molar-refractivity contribution in [3.05, 3.63) is 24.3 Å². The van der Waals surface area contributed by atoms with Crippen LogP contribution in [0.1, 0.15) is 6.92 Å². The lowest BCUT2D eigenvalue weighted by Crippen LogP contribution is -2.49. The van der Waals surface area contributed by atoms with E-state index in [1.165, 1.54) is 0 Å². The van der Waals surface area contributed by atoms with E-state index < -0.39 is 0 Å². The number of rotatable bonds is 2. The molecule has 0 radical (unpaired) electrons. The molecular weight excluding hydrogens is 262 g/mol. The zero-order valence-corrected chi connectivity index (χ0v) is 11.4. The summed E-state index contributed by atoms with van der Waals surface area (Å²) in [5.74, 6) is -0.0613. The average Bonchev–Trinajstić information content (AvgIpc) is 2.82. The number of carbonyl (C=O) groups excluding carboxylic acids is 1. The summed E-state index contributed by atoms with van der Waals surface area (Å²) in [5, 5.41) is 0. The van der Waals surface area contributed by atoms with Crippen LogP contribution in [0.15, 0.2) is 24.3 Å². The Morgan fingerprint density at radius 1 is 1.05 bits per heavy atom. The van der Waals surface area contributed by atoms with Gasteiger partial charge in [-0.15, -0.1) is 0 Å². The lowest BCUT2D eigenvalue weighted by atomic mass is 10.1. The Bertz CT molecular complexity index is 400. The van der Waals surface area contributed by atoms with Gasteiger partial charge in [-0.3, -0.25) is 4.79 Å². The van der Waals surface area contributed by atoms with E-state index in [4.69, 9.17) is 18.9 Å². The lowest BCUT2D eigenvalue weighted by molar-refractivity contribution is -0.208. The number of hydrogen-bond acceptors (Lipinski definition) is 5. The molecule has 4 atom stereocenters. The molecule has 0 unspecified atom stereocenters. The van der Waals surface area contributed by atoms with E-state index in [-0.39, 0.29) is 43.8 Å². The first kappa shape index (κ1) is 13.8. The van der Waals surface area contributed by atoms with Gasteiger partial charge in [-0.05, 0) is 6.92 Å². The molecule has 1 amide bonds. The molecule has 0 aromatic carbocycles. The normalized spacial score (nSPS) is 37.4. The van der Waals surface area contributed by atoms with E-state index in [9.17, 15) is 4.79 Å². The summed E-state index contributed by atoms with van der Waals surface area (Å²) in [7, 11) is 0. The van der Waals surface area contributed by atoms with Crippen molar-refractivity contribution in [1.29, 1.82) is 0 Å². The first-order valence-electron chi connectivity index (χ1n) is 6.83. The molecule has 0 aromatic heterocycles. The standard InChI is InChI=1S/C14H19NO5/c1-2-3-4-5-12(16)15-10-6-17-8-19-13(10)14-11(15)7-18-9-20-14/h2-5,10-11,13-14H,6-9H2,1H3/b3-2+,5-4+/t10-,11-,13+,14+/m0/s1. The summed E-state index contributed by atoms with van der Waals surface area (Å²) in [5.41, 5.74) is 0. The SMILES string of the molecule is C/C=C/C=C/C(=O)N1[C@H]2COCO[C@H]2[C@@H]2OCOC[C@@H]21. The topological polar surface area (TPSA) is 57.2 Å². The van der Waals surface area contributed by atoms with Crippen LogP contribution in [0.5, 0.6) is 0 Å². The highest BCUT2D eigenvalue weighted by atomic mass is 16.7. The molecule has 3 rings (SSSR count). The summed E-state index contributed by atoms with van der Waals surface area (Å²) >= 11 is 0. The molecule has 0 N–H and O–H groups in total. The van der Waals surface area contributed by atoms with Crippen LogP contribution in [0.4, 0.5) is 0 Å². The summed E-state index contributed by atoms with van der Waals surface area (Å²) in [4.78, 5) is 14.2. The highest BCUT2D eigenvalue weighted by Gasteiger charge is 2.54. The van der Waals surface area contributed by atoms with Gasteiger partial charge in [0.1, 0.15) is 25.8 Å². The minimum absolute atomic E-state index is 0.0613. The van der Waals surface area contributed by atoms with E-state index >= 15 is 0 Å². The van der Waals surface area contributed by atoms with Gasteiger partial charge in [-0.25, -0.2) is 0 Å². The molecule has 6 nitrogen and oxygen atoms in total. The summed E-state index contributed by atoms with van der Waals surface area (Å²) in [6.07, 6.45) is 6.74. The third kappa shape index (κ3) is 2.40. The summed E-state index contributed by atoms with van der Waals surface area (Å²) < 4.78 is 22.0. The van der Waals surface area contributed by atoms with Crippen molar-refractivity contribution in [3.63, 3.8) is 0 Å². The summed E-state index contributed by atoms with van der Waals surface area (Å²) in [6.45, 7) is 3.37. The van der Waals surface area contributed by atoms with Crippen LogP contribution in [-0.2, 0) is 23.7 Å². The maximum absolute atomic E-state index is 12.4. The second kappa shape index (κ2) is 6.05. The average molecular weight is 281 g/mol. The lowest BCUT2D eigenvalue weighted by Gasteiger charge is -2.32. The Kier molecular flexibility index (Phi) is 4.16. The van der Waals surface area contributed by atoms with Gasteiger partial charge >= 0.3 is 0 Å². The number of ether oxygens (including phenoxy) is 4. The van der Waals surface area contributed by atoms with E-state index in [0.29, 0.717) is 13.2 Å². The fraction of sp³-hybridized carbons (Fsp3) is 0.643. The molecule has 0 aliphatic carbocycles. The van der Waals surface area contributed by atoms with Crippen molar-refractivity contribution in [1.82, 2.24) is 4.90 Å². The van der Waals surface area contributed by atoms with Crippen molar-refractivity contribution >= 4 is 5.91 Å². The highest BCUT2D eigenvalue weighted by molar-refractivity contribution is 5.89. The predicted octanol–water partition coefficient (Wildman–Crippen LogP) is 0.444. The molecule has 3 aliphatic rings. The summed E-state index contributed by atoms with van der Waals surface area (Å²) in [6, 6.07) is -0.216. The Morgan fingerprint density at radius 3 is 2.20 bits per heavy atom. The molecule has 0 saturated carbocycles. The molecule has 0 bridgehead atoms. The quantitative estimate of drug-likeness (QED) is 0.543. The molecule has 110 valence electrons. The van der Waals surface area contributed by atoms with Gasteiger partial charge < -0.3 is 23.8 Å². The van der Waals surface area contributed by atoms with Crippen LogP contribution in [0.25, 0.3) is 0 Å². The van der Waals surface area contributed by atoms with Crippen LogP contribution >= 0.6 is 0 Å². The molecule has 3 saturated heterocycles. The van der Waals surface area contributed by atoms with E-state index in [0.717, 1.165) is 0 Å². The van der Waals surface area contributed by atoms with Gasteiger partial charge in [-0.2, -0.15) is 0 Å². The van der Waals surface area contributed by atoms with Crippen molar-refractivity contribution in [2.45, 2.75) is 31.2 Å². The number of likely N-dealkylation sites (tertiary alicyclic amines) is 1. The molecule has 3 fully saturated rings. The largest absolute Gasteiger partial charge is 0.353 e. The van der Waals surface area contributed by atoms with Gasteiger partial charge in [0, 0.05) is 6.08 Å². The fourth-order valence-corrected chi connectivity index (χ4v) is 3.02. The first-order valence-corrected chi connectivity index (χ1v) is 6.83.